The van der Waals surface area contributed by atoms with Gasteiger partial charge in [0.05, 0.1) is 12.0 Å². The summed E-state index contributed by atoms with van der Waals surface area (Å²) >= 11 is 0. The molecule has 1 N–H and O–H groups in total. The molecule has 2 rings (SSSR count). The van der Waals surface area contributed by atoms with E-state index in [0.717, 1.165) is 18.5 Å². The number of alkyl halides is 1. The molecule has 1 aliphatic carbocycles. The minimum absolute atomic E-state index is 0.162. The van der Waals surface area contributed by atoms with Gasteiger partial charge in [0.1, 0.15) is 18.1 Å². The zero-order chi connectivity index (χ0) is 13.8. The maximum Gasteiger partial charge on any atom is 0.306 e. The fourth-order valence-corrected chi connectivity index (χ4v) is 2.46. The highest BCUT2D eigenvalue weighted by Crippen LogP contribution is 2.29. The van der Waals surface area contributed by atoms with Gasteiger partial charge in [-0.3, -0.25) is 9.78 Å². The van der Waals surface area contributed by atoms with Crippen molar-refractivity contribution in [2.75, 3.05) is 0 Å². The summed E-state index contributed by atoms with van der Waals surface area (Å²) < 4.78 is 18.6. The molecule has 19 heavy (non-hydrogen) atoms. The van der Waals surface area contributed by atoms with Crippen molar-refractivity contribution >= 4 is 5.97 Å². The molecule has 1 heterocycles. The molecule has 0 aromatic carbocycles. The lowest BCUT2D eigenvalue weighted by Crippen LogP contribution is -2.29. The van der Waals surface area contributed by atoms with Crippen LogP contribution in [-0.2, 0) is 11.5 Å². The molecule has 5 heteroatoms. The van der Waals surface area contributed by atoms with Crippen LogP contribution in [0.2, 0.25) is 0 Å². The van der Waals surface area contributed by atoms with E-state index in [0.29, 0.717) is 18.6 Å². The minimum Gasteiger partial charge on any atom is -0.488 e. The van der Waals surface area contributed by atoms with Crippen LogP contribution in [0, 0.1) is 12.8 Å². The van der Waals surface area contributed by atoms with E-state index in [2.05, 4.69) is 4.98 Å². The van der Waals surface area contributed by atoms with Gasteiger partial charge in [-0.2, -0.15) is 0 Å². The predicted molar refractivity (Wildman–Crippen MR) is 67.8 cm³/mol. The maximum atomic E-state index is 12.9. The van der Waals surface area contributed by atoms with Gasteiger partial charge in [-0.25, -0.2) is 4.39 Å². The lowest BCUT2D eigenvalue weighted by atomic mass is 9.87. The lowest BCUT2D eigenvalue weighted by molar-refractivity contribution is -0.143. The van der Waals surface area contributed by atoms with E-state index in [1.165, 1.54) is 0 Å². The van der Waals surface area contributed by atoms with Gasteiger partial charge < -0.3 is 9.84 Å². The number of hydrogen-bond acceptors (Lipinski definition) is 3. The van der Waals surface area contributed by atoms with Crippen LogP contribution >= 0.6 is 0 Å². The van der Waals surface area contributed by atoms with Crippen molar-refractivity contribution in [2.45, 2.75) is 45.4 Å². The number of rotatable bonds is 4. The first kappa shape index (κ1) is 13.8. The molecule has 104 valence electrons. The van der Waals surface area contributed by atoms with E-state index in [1.54, 1.807) is 19.1 Å². The molecule has 0 unspecified atom stereocenters. The Hall–Kier alpha value is -1.65. The van der Waals surface area contributed by atoms with Crippen LogP contribution in [0.1, 0.15) is 37.1 Å². The van der Waals surface area contributed by atoms with Crippen molar-refractivity contribution in [3.63, 3.8) is 0 Å². The van der Waals surface area contributed by atoms with Gasteiger partial charge in [0, 0.05) is 5.69 Å². The summed E-state index contributed by atoms with van der Waals surface area (Å²) in [4.78, 5) is 15.1. The number of carbonyl (C=O) groups is 1. The SMILES string of the molecule is Cc1ccc(O[C@H]2CCC[C@H](C(=O)O)C2)c(CF)n1. The molecule has 4 nitrogen and oxygen atoms in total. The van der Waals surface area contributed by atoms with Crippen LogP contribution in [0.3, 0.4) is 0 Å². The molecule has 1 aliphatic rings. The second kappa shape index (κ2) is 5.99. The Kier molecular flexibility index (Phi) is 4.35. The highest BCUT2D eigenvalue weighted by Gasteiger charge is 2.28. The van der Waals surface area contributed by atoms with E-state index in [4.69, 9.17) is 9.84 Å². The number of aromatic nitrogens is 1. The Morgan fingerprint density at radius 1 is 1.53 bits per heavy atom. The number of carboxylic acid groups (broad SMARTS) is 1. The third-order valence-electron chi connectivity index (χ3n) is 3.47. The maximum absolute atomic E-state index is 12.9. The number of aryl methyl sites for hydroxylation is 1. The van der Waals surface area contributed by atoms with Crippen LogP contribution in [-0.4, -0.2) is 22.2 Å². The van der Waals surface area contributed by atoms with E-state index in [-0.39, 0.29) is 17.7 Å². The number of aliphatic carboxylic acids is 1. The Bertz CT molecular complexity index is 464. The summed E-state index contributed by atoms with van der Waals surface area (Å²) in [6.07, 6.45) is 2.64. The van der Waals surface area contributed by atoms with Crippen molar-refractivity contribution in [3.8, 4) is 5.75 Å². The van der Waals surface area contributed by atoms with E-state index >= 15 is 0 Å². The van der Waals surface area contributed by atoms with Crippen LogP contribution in [0.15, 0.2) is 12.1 Å². The fraction of sp³-hybridized carbons (Fsp3) is 0.571. The van der Waals surface area contributed by atoms with Gasteiger partial charge in [-0.1, -0.05) is 0 Å². The highest BCUT2D eigenvalue weighted by atomic mass is 19.1. The first-order valence-corrected chi connectivity index (χ1v) is 6.52. The Balaban J connectivity index is 2.06. The van der Waals surface area contributed by atoms with Crippen molar-refractivity contribution in [2.24, 2.45) is 5.92 Å². The van der Waals surface area contributed by atoms with Crippen LogP contribution in [0.25, 0.3) is 0 Å². The fourth-order valence-electron chi connectivity index (χ4n) is 2.46. The number of nitrogens with zero attached hydrogens (tertiary/aromatic N) is 1. The molecule has 1 fully saturated rings. The van der Waals surface area contributed by atoms with Gasteiger partial charge in [0.2, 0.25) is 0 Å². The standard InChI is InChI=1S/C14H18FNO3/c1-9-5-6-13(12(8-15)16-9)19-11-4-2-3-10(7-11)14(17)18/h5-6,10-11H,2-4,7-8H2,1H3,(H,17,18)/t10-,11-/m0/s1. The smallest absolute Gasteiger partial charge is 0.306 e. The van der Waals surface area contributed by atoms with Gasteiger partial charge in [-0.05, 0) is 44.7 Å². The quantitative estimate of drug-likeness (QED) is 0.911. The molecule has 0 aliphatic heterocycles. The van der Waals surface area contributed by atoms with Crippen molar-refractivity contribution in [1.29, 1.82) is 0 Å². The summed E-state index contributed by atoms with van der Waals surface area (Å²) in [5, 5.41) is 9.03. The number of ether oxygens (including phenoxy) is 1. The molecule has 0 saturated heterocycles. The van der Waals surface area contributed by atoms with Crippen molar-refractivity contribution < 1.29 is 19.0 Å². The molecule has 1 saturated carbocycles. The average molecular weight is 267 g/mol. The molecule has 1 aromatic heterocycles. The minimum atomic E-state index is -0.777. The van der Waals surface area contributed by atoms with E-state index in [1.807, 2.05) is 0 Å². The Morgan fingerprint density at radius 2 is 2.32 bits per heavy atom. The second-order valence-electron chi connectivity index (χ2n) is 4.97. The lowest BCUT2D eigenvalue weighted by Gasteiger charge is -2.27. The zero-order valence-corrected chi connectivity index (χ0v) is 10.9. The summed E-state index contributed by atoms with van der Waals surface area (Å²) in [5.41, 5.74) is 1.03. The van der Waals surface area contributed by atoms with Gasteiger partial charge >= 0.3 is 5.97 Å². The van der Waals surface area contributed by atoms with Crippen molar-refractivity contribution in [3.05, 3.63) is 23.5 Å². The normalized spacial score (nSPS) is 23.1. The zero-order valence-electron chi connectivity index (χ0n) is 10.9. The van der Waals surface area contributed by atoms with Crippen molar-refractivity contribution in [1.82, 2.24) is 4.98 Å². The number of carboxylic acids is 1. The van der Waals surface area contributed by atoms with Crippen LogP contribution in [0.4, 0.5) is 4.39 Å². The first-order chi connectivity index (χ1) is 9.10. The molecule has 0 spiro atoms. The third kappa shape index (κ3) is 3.43. The second-order valence-corrected chi connectivity index (χ2v) is 4.97. The third-order valence-corrected chi connectivity index (χ3v) is 3.47. The first-order valence-electron chi connectivity index (χ1n) is 6.52. The monoisotopic (exact) mass is 267 g/mol. The van der Waals surface area contributed by atoms with E-state index in [9.17, 15) is 9.18 Å². The summed E-state index contributed by atoms with van der Waals surface area (Å²) in [5.74, 6) is -0.698. The largest absolute Gasteiger partial charge is 0.488 e. The van der Waals surface area contributed by atoms with Gasteiger partial charge in [-0.15, -0.1) is 0 Å². The number of hydrogen-bond donors (Lipinski definition) is 1. The average Bonchev–Trinajstić information content (AvgIpc) is 2.41. The summed E-state index contributed by atoms with van der Waals surface area (Å²) in [6, 6.07) is 3.48. The molecule has 0 amide bonds. The molecular weight excluding hydrogens is 249 g/mol. The van der Waals surface area contributed by atoms with Crippen LogP contribution < -0.4 is 4.74 Å². The molecule has 2 atom stereocenters. The summed E-state index contributed by atoms with van der Waals surface area (Å²) in [6.45, 7) is 1.12. The molecule has 1 aromatic rings. The number of pyridine rings is 1. The van der Waals surface area contributed by atoms with Gasteiger partial charge in [0.15, 0.2) is 0 Å². The van der Waals surface area contributed by atoms with Gasteiger partial charge in [0.25, 0.3) is 0 Å². The summed E-state index contributed by atoms with van der Waals surface area (Å²) in [7, 11) is 0. The Morgan fingerprint density at radius 3 is 3.00 bits per heavy atom. The van der Waals surface area contributed by atoms with Crippen LogP contribution in [0.5, 0.6) is 5.75 Å². The predicted octanol–water partition coefficient (Wildman–Crippen LogP) is 2.88. The number of halogens is 1. The Labute approximate surface area is 111 Å². The van der Waals surface area contributed by atoms with E-state index < -0.39 is 12.6 Å². The highest BCUT2D eigenvalue weighted by molar-refractivity contribution is 5.70. The molecular formula is C14H18FNO3. The molecule has 0 bridgehead atoms. The molecule has 0 radical (unpaired) electrons. The topological polar surface area (TPSA) is 59.4 Å².